The molecule has 1 aromatic heterocycles. The Labute approximate surface area is 199 Å². The Morgan fingerprint density at radius 2 is 1.97 bits per heavy atom. The lowest BCUT2D eigenvalue weighted by Gasteiger charge is -2.14. The second-order valence-electron chi connectivity index (χ2n) is 7.71. The fraction of sp³-hybridized carbons (Fsp3) is 0.292. The number of hydrogen-bond donors (Lipinski definition) is 1. The van der Waals surface area contributed by atoms with E-state index in [4.69, 9.17) is 14.5 Å². The van der Waals surface area contributed by atoms with Crippen LogP contribution in [0.4, 0.5) is 0 Å². The van der Waals surface area contributed by atoms with E-state index in [1.807, 2.05) is 36.4 Å². The molecule has 0 unspecified atom stereocenters. The summed E-state index contributed by atoms with van der Waals surface area (Å²) in [7, 11) is 0. The van der Waals surface area contributed by atoms with Crippen molar-refractivity contribution < 1.29 is 14.3 Å². The van der Waals surface area contributed by atoms with Gasteiger partial charge < -0.3 is 14.8 Å². The summed E-state index contributed by atoms with van der Waals surface area (Å²) in [6, 6.07) is 15.7. The van der Waals surface area contributed by atoms with Gasteiger partial charge in [0.15, 0.2) is 16.7 Å². The summed E-state index contributed by atoms with van der Waals surface area (Å²) in [6.07, 6.45) is 1.52. The van der Waals surface area contributed by atoms with Gasteiger partial charge in [-0.05, 0) is 29.7 Å². The van der Waals surface area contributed by atoms with Crippen LogP contribution in [0.25, 0.3) is 0 Å². The molecule has 9 heteroatoms. The van der Waals surface area contributed by atoms with Gasteiger partial charge in [-0.25, -0.2) is 4.98 Å². The van der Waals surface area contributed by atoms with Gasteiger partial charge in [-0.2, -0.15) is 0 Å². The van der Waals surface area contributed by atoms with Crippen LogP contribution in [-0.2, 0) is 30.7 Å². The highest BCUT2D eigenvalue weighted by atomic mass is 32.2. The molecule has 0 radical (unpaired) electrons. The van der Waals surface area contributed by atoms with Gasteiger partial charge in [-0.1, -0.05) is 48.2 Å². The molecule has 0 saturated carbocycles. The lowest BCUT2D eigenvalue weighted by atomic mass is 10.1. The van der Waals surface area contributed by atoms with Gasteiger partial charge in [-0.15, -0.1) is 11.8 Å². The zero-order chi connectivity index (χ0) is 22.6. The third kappa shape index (κ3) is 5.04. The maximum atomic E-state index is 13.1. The molecule has 1 amide bonds. The minimum atomic E-state index is -0.114. The molecule has 0 aliphatic carbocycles. The molecular weight excluding hydrogens is 458 g/mol. The van der Waals surface area contributed by atoms with Crippen molar-refractivity contribution in [1.82, 2.24) is 14.9 Å². The highest BCUT2D eigenvalue weighted by molar-refractivity contribution is 8.00. The largest absolute Gasteiger partial charge is 0.454 e. The topological polar surface area (TPSA) is 82.5 Å². The summed E-state index contributed by atoms with van der Waals surface area (Å²) in [5, 5.41) is 3.54. The number of thioether (sulfide) groups is 2. The van der Waals surface area contributed by atoms with E-state index in [0.29, 0.717) is 24.0 Å². The lowest BCUT2D eigenvalue weighted by molar-refractivity contribution is -0.118. The molecule has 0 bridgehead atoms. The monoisotopic (exact) mass is 481 g/mol. The van der Waals surface area contributed by atoms with Crippen LogP contribution in [0.3, 0.4) is 0 Å². The second-order valence-corrected chi connectivity index (χ2v) is 9.76. The van der Waals surface area contributed by atoms with E-state index in [1.165, 1.54) is 11.8 Å². The average Bonchev–Trinajstić information content (AvgIpc) is 3.50. The molecule has 3 aromatic rings. The van der Waals surface area contributed by atoms with Crippen LogP contribution >= 0.6 is 23.5 Å². The Morgan fingerprint density at radius 3 is 2.85 bits per heavy atom. The van der Waals surface area contributed by atoms with Crippen LogP contribution in [0.2, 0.25) is 0 Å². The van der Waals surface area contributed by atoms with Crippen molar-refractivity contribution in [3.8, 4) is 11.5 Å². The van der Waals surface area contributed by atoms with Crippen molar-refractivity contribution >= 4 is 29.4 Å². The van der Waals surface area contributed by atoms with E-state index in [-0.39, 0.29) is 24.0 Å². The van der Waals surface area contributed by atoms with Crippen LogP contribution in [0, 0.1) is 0 Å². The van der Waals surface area contributed by atoms with E-state index >= 15 is 0 Å². The van der Waals surface area contributed by atoms with Crippen LogP contribution in [0.5, 0.6) is 11.5 Å². The van der Waals surface area contributed by atoms with Crippen molar-refractivity contribution in [3.05, 3.63) is 75.7 Å². The summed E-state index contributed by atoms with van der Waals surface area (Å²) >= 11 is 2.89. The Balaban J connectivity index is 1.24. The molecule has 0 atom stereocenters. The van der Waals surface area contributed by atoms with Gasteiger partial charge in [0.05, 0.1) is 16.3 Å². The highest BCUT2D eigenvalue weighted by Crippen LogP contribution is 2.32. The number of fused-ring (bicyclic) bond motifs is 2. The predicted octanol–water partition coefficient (Wildman–Crippen LogP) is 3.27. The second kappa shape index (κ2) is 9.93. The van der Waals surface area contributed by atoms with E-state index in [2.05, 4.69) is 17.4 Å². The number of ether oxygens (including phenoxy) is 2. The highest BCUT2D eigenvalue weighted by Gasteiger charge is 2.22. The van der Waals surface area contributed by atoms with Gasteiger partial charge in [0.1, 0.15) is 0 Å². The van der Waals surface area contributed by atoms with E-state index < -0.39 is 0 Å². The molecule has 3 heterocycles. The van der Waals surface area contributed by atoms with Crippen molar-refractivity contribution in [1.29, 1.82) is 0 Å². The first-order chi connectivity index (χ1) is 16.2. The fourth-order valence-electron chi connectivity index (χ4n) is 3.75. The van der Waals surface area contributed by atoms with Crippen molar-refractivity contribution in [2.75, 3.05) is 18.3 Å². The zero-order valence-electron chi connectivity index (χ0n) is 17.9. The van der Waals surface area contributed by atoms with Gasteiger partial charge in [-0.3, -0.25) is 14.2 Å². The molecule has 2 aromatic carbocycles. The van der Waals surface area contributed by atoms with Crippen molar-refractivity contribution in [2.45, 2.75) is 36.0 Å². The smallest absolute Gasteiger partial charge is 0.268 e. The molecule has 170 valence electrons. The number of rotatable bonds is 8. The van der Waals surface area contributed by atoms with E-state index in [0.717, 1.165) is 46.1 Å². The molecule has 2 aliphatic heterocycles. The number of amides is 1. The van der Waals surface area contributed by atoms with Crippen LogP contribution < -0.4 is 20.3 Å². The Morgan fingerprint density at radius 1 is 1.12 bits per heavy atom. The quantitative estimate of drug-likeness (QED) is 0.391. The number of nitrogens with one attached hydrogen (secondary N) is 1. The minimum Gasteiger partial charge on any atom is -0.454 e. The molecule has 0 spiro atoms. The molecular formula is C24H23N3O4S2. The van der Waals surface area contributed by atoms with E-state index in [9.17, 15) is 9.59 Å². The fourth-order valence-corrected chi connectivity index (χ4v) is 5.66. The predicted molar refractivity (Wildman–Crippen MR) is 128 cm³/mol. The molecule has 7 nitrogen and oxygen atoms in total. The number of aromatic nitrogens is 2. The van der Waals surface area contributed by atoms with Gasteiger partial charge in [0.25, 0.3) is 5.56 Å². The number of nitrogens with zero attached hydrogens (tertiary/aromatic N) is 2. The number of carbonyl (C=O) groups is 1. The third-order valence-electron chi connectivity index (χ3n) is 5.47. The Hall–Kier alpha value is -2.91. The molecule has 0 saturated heterocycles. The van der Waals surface area contributed by atoms with Gasteiger partial charge >= 0.3 is 0 Å². The van der Waals surface area contributed by atoms with Crippen LogP contribution in [0.15, 0.2) is 63.4 Å². The molecule has 33 heavy (non-hydrogen) atoms. The number of aryl methyl sites for hydroxylation is 2. The van der Waals surface area contributed by atoms with Crippen LogP contribution in [0.1, 0.15) is 16.8 Å². The number of benzene rings is 2. The average molecular weight is 482 g/mol. The first-order valence-corrected chi connectivity index (χ1v) is 12.7. The summed E-state index contributed by atoms with van der Waals surface area (Å²) in [5.41, 5.74) is 2.95. The molecule has 2 aliphatic rings. The third-order valence-corrected chi connectivity index (χ3v) is 7.56. The SMILES string of the molecule is O=C(CSc1nc2c(c(=O)n1CCc1ccccc1)SCC2)NCc1ccc2c(c1)OCO2. The van der Waals surface area contributed by atoms with Crippen molar-refractivity contribution in [2.24, 2.45) is 0 Å². The maximum absolute atomic E-state index is 13.1. The Kier molecular flexibility index (Phi) is 6.59. The molecule has 1 N–H and O–H groups in total. The summed E-state index contributed by atoms with van der Waals surface area (Å²) < 4.78 is 12.4. The number of hydrogen-bond acceptors (Lipinski definition) is 7. The molecule has 5 rings (SSSR count). The van der Waals surface area contributed by atoms with Gasteiger partial charge in [0.2, 0.25) is 12.7 Å². The van der Waals surface area contributed by atoms with E-state index in [1.54, 1.807) is 16.3 Å². The van der Waals surface area contributed by atoms with Gasteiger partial charge in [0, 0.05) is 25.3 Å². The summed E-state index contributed by atoms with van der Waals surface area (Å²) in [5.74, 6) is 2.36. The van der Waals surface area contributed by atoms with Crippen LogP contribution in [-0.4, -0.2) is 33.8 Å². The zero-order valence-corrected chi connectivity index (χ0v) is 19.5. The normalized spacial score (nSPS) is 13.7. The van der Waals surface area contributed by atoms with Crippen molar-refractivity contribution in [3.63, 3.8) is 0 Å². The summed E-state index contributed by atoms with van der Waals surface area (Å²) in [4.78, 5) is 31.1. The standard InChI is InChI=1S/C24H23N3O4S2/c28-21(25-13-17-6-7-19-20(12-17)31-15-30-19)14-33-24-26-18-9-11-32-22(18)23(29)27(24)10-8-16-4-2-1-3-5-16/h1-7,12H,8-11,13-15H2,(H,25,28). The first kappa shape index (κ1) is 21.9. The minimum absolute atomic E-state index is 0.00157. The Bertz CT molecular complexity index is 1230. The molecule has 0 fully saturated rings. The maximum Gasteiger partial charge on any atom is 0.268 e. The summed E-state index contributed by atoms with van der Waals surface area (Å²) in [6.45, 7) is 1.15. The number of carbonyl (C=O) groups excluding carboxylic acids is 1. The lowest BCUT2D eigenvalue weighted by Crippen LogP contribution is -2.28. The first-order valence-electron chi connectivity index (χ1n) is 10.8.